The van der Waals surface area contributed by atoms with Crippen molar-refractivity contribution in [2.45, 2.75) is 19.4 Å². The molecule has 0 saturated carbocycles. The minimum Gasteiger partial charge on any atom is -0.372 e. The number of carbonyl (C=O) groups is 1. The van der Waals surface area contributed by atoms with Crippen molar-refractivity contribution in [2.75, 3.05) is 13.7 Å². The highest BCUT2D eigenvalue weighted by molar-refractivity contribution is 5.97. The van der Waals surface area contributed by atoms with Crippen molar-refractivity contribution in [2.24, 2.45) is 0 Å². The van der Waals surface area contributed by atoms with Crippen LogP contribution >= 0.6 is 0 Å². The van der Waals surface area contributed by atoms with E-state index in [0.29, 0.717) is 17.6 Å². The number of ether oxygens (including phenoxy) is 1. The highest BCUT2D eigenvalue weighted by Gasteiger charge is 2.19. The molecule has 0 atom stereocenters. The molecule has 5 heteroatoms. The van der Waals surface area contributed by atoms with Crippen LogP contribution in [0.4, 0.5) is 4.39 Å². The van der Waals surface area contributed by atoms with Gasteiger partial charge in [0.1, 0.15) is 17.9 Å². The second-order valence-corrected chi connectivity index (χ2v) is 5.35. The fourth-order valence-corrected chi connectivity index (χ4v) is 1.96. The Hall–Kier alpha value is -2.45. The fourth-order valence-electron chi connectivity index (χ4n) is 1.96. The van der Waals surface area contributed by atoms with Crippen LogP contribution in [0.2, 0.25) is 0 Å². The van der Waals surface area contributed by atoms with E-state index < -0.39 is 11.4 Å². The predicted molar refractivity (Wildman–Crippen MR) is 82.9 cm³/mol. The number of pyridine rings is 1. The van der Waals surface area contributed by atoms with Gasteiger partial charge in [0, 0.05) is 18.7 Å². The second kappa shape index (κ2) is 6.54. The maximum absolute atomic E-state index is 13.6. The summed E-state index contributed by atoms with van der Waals surface area (Å²) in [6.45, 7) is 3.89. The van der Waals surface area contributed by atoms with Crippen LogP contribution in [-0.4, -0.2) is 30.1 Å². The zero-order valence-corrected chi connectivity index (χ0v) is 12.7. The standard InChI is InChI=1S/C17H17FN2O2/c1-17(2,8-5-9-22-3)20-16(21)13-10-12-6-4-7-14(18)15(12)19-11-13/h4,6-7,10-11H,9H2,1-3H3,(H,20,21). The SMILES string of the molecule is COCC#CC(C)(C)NC(=O)c1cnc2c(F)cccc2c1. The quantitative estimate of drug-likeness (QED) is 0.886. The molecule has 1 amide bonds. The van der Waals surface area contributed by atoms with E-state index in [1.54, 1.807) is 39.2 Å². The van der Waals surface area contributed by atoms with E-state index in [1.807, 2.05) is 0 Å². The van der Waals surface area contributed by atoms with Crippen molar-refractivity contribution in [3.63, 3.8) is 0 Å². The molecular weight excluding hydrogens is 283 g/mol. The largest absolute Gasteiger partial charge is 0.372 e. The summed E-state index contributed by atoms with van der Waals surface area (Å²) >= 11 is 0. The molecule has 0 spiro atoms. The average Bonchev–Trinajstić information content (AvgIpc) is 2.47. The van der Waals surface area contributed by atoms with Gasteiger partial charge in [0.05, 0.1) is 11.1 Å². The molecule has 2 aromatic rings. The van der Waals surface area contributed by atoms with Crippen LogP contribution in [0.3, 0.4) is 0 Å². The Morgan fingerprint density at radius 1 is 1.45 bits per heavy atom. The van der Waals surface area contributed by atoms with Crippen LogP contribution in [-0.2, 0) is 4.74 Å². The molecule has 0 saturated heterocycles. The molecule has 2 rings (SSSR count). The Morgan fingerprint density at radius 3 is 2.95 bits per heavy atom. The third kappa shape index (κ3) is 3.80. The van der Waals surface area contributed by atoms with Crippen molar-refractivity contribution in [1.29, 1.82) is 0 Å². The Morgan fingerprint density at radius 2 is 2.23 bits per heavy atom. The topological polar surface area (TPSA) is 51.2 Å². The number of nitrogens with zero attached hydrogens (tertiary/aromatic N) is 1. The van der Waals surface area contributed by atoms with Crippen LogP contribution in [0, 0.1) is 17.7 Å². The minimum atomic E-state index is -0.702. The van der Waals surface area contributed by atoms with Gasteiger partial charge in [0.15, 0.2) is 0 Å². The number of para-hydroxylation sites is 1. The molecule has 0 aliphatic rings. The average molecular weight is 300 g/mol. The summed E-state index contributed by atoms with van der Waals surface area (Å²) in [6, 6.07) is 6.25. The molecule has 0 radical (unpaired) electrons. The van der Waals surface area contributed by atoms with Crippen LogP contribution in [0.15, 0.2) is 30.5 Å². The van der Waals surface area contributed by atoms with Crippen molar-refractivity contribution in [3.05, 3.63) is 41.8 Å². The first-order valence-corrected chi connectivity index (χ1v) is 6.79. The third-order valence-electron chi connectivity index (χ3n) is 2.97. The van der Waals surface area contributed by atoms with Gasteiger partial charge in [-0.15, -0.1) is 0 Å². The minimum absolute atomic E-state index is 0.248. The lowest BCUT2D eigenvalue weighted by atomic mass is 10.1. The summed E-state index contributed by atoms with van der Waals surface area (Å²) in [5.74, 6) is 5.02. The van der Waals surface area contributed by atoms with E-state index in [4.69, 9.17) is 4.74 Å². The van der Waals surface area contributed by atoms with Gasteiger partial charge in [-0.1, -0.05) is 24.0 Å². The molecule has 1 aromatic heterocycles. The lowest BCUT2D eigenvalue weighted by Gasteiger charge is -2.19. The second-order valence-electron chi connectivity index (χ2n) is 5.35. The number of fused-ring (bicyclic) bond motifs is 1. The number of carbonyl (C=O) groups excluding carboxylic acids is 1. The molecule has 0 fully saturated rings. The van der Waals surface area contributed by atoms with E-state index in [-0.39, 0.29) is 11.4 Å². The first-order valence-electron chi connectivity index (χ1n) is 6.79. The fraction of sp³-hybridized carbons (Fsp3) is 0.294. The van der Waals surface area contributed by atoms with Gasteiger partial charge in [0.25, 0.3) is 5.91 Å². The molecule has 22 heavy (non-hydrogen) atoms. The van der Waals surface area contributed by atoms with Crippen LogP contribution in [0.25, 0.3) is 10.9 Å². The van der Waals surface area contributed by atoms with Crippen molar-refractivity contribution >= 4 is 16.8 Å². The van der Waals surface area contributed by atoms with Gasteiger partial charge in [-0.25, -0.2) is 4.39 Å². The first kappa shape index (κ1) is 15.9. The number of benzene rings is 1. The molecular formula is C17H17FN2O2. The first-order chi connectivity index (χ1) is 10.4. The number of halogens is 1. The Balaban J connectivity index is 2.22. The van der Waals surface area contributed by atoms with E-state index >= 15 is 0 Å². The number of nitrogens with one attached hydrogen (secondary N) is 1. The summed E-state index contributed by atoms with van der Waals surface area (Å²) in [5.41, 5.74) is -0.0927. The van der Waals surface area contributed by atoms with E-state index in [0.717, 1.165) is 0 Å². The summed E-state index contributed by atoms with van der Waals surface area (Å²) in [7, 11) is 1.56. The Bertz CT molecular complexity index is 760. The summed E-state index contributed by atoms with van der Waals surface area (Å²) in [5, 5.41) is 3.39. The molecule has 0 bridgehead atoms. The lowest BCUT2D eigenvalue weighted by molar-refractivity contribution is 0.0929. The molecule has 0 unspecified atom stereocenters. The molecule has 0 aliphatic carbocycles. The van der Waals surface area contributed by atoms with Crippen LogP contribution in [0.5, 0.6) is 0 Å². The molecule has 0 aliphatic heterocycles. The number of hydrogen-bond donors (Lipinski definition) is 1. The molecule has 1 aromatic carbocycles. The van der Waals surface area contributed by atoms with Gasteiger partial charge >= 0.3 is 0 Å². The predicted octanol–water partition coefficient (Wildman–Crippen LogP) is 2.53. The third-order valence-corrected chi connectivity index (χ3v) is 2.97. The monoisotopic (exact) mass is 300 g/mol. The number of rotatable bonds is 3. The summed E-state index contributed by atoms with van der Waals surface area (Å²) in [4.78, 5) is 16.3. The lowest BCUT2D eigenvalue weighted by Crippen LogP contribution is -2.42. The Kier molecular flexibility index (Phi) is 4.74. The van der Waals surface area contributed by atoms with Crippen LogP contribution < -0.4 is 5.32 Å². The summed E-state index contributed by atoms with van der Waals surface area (Å²) < 4.78 is 18.4. The number of hydrogen-bond acceptors (Lipinski definition) is 3. The van der Waals surface area contributed by atoms with E-state index in [1.165, 1.54) is 12.3 Å². The van der Waals surface area contributed by atoms with Gasteiger partial charge in [-0.2, -0.15) is 0 Å². The van der Waals surface area contributed by atoms with Gasteiger partial charge in [-0.05, 0) is 26.0 Å². The summed E-state index contributed by atoms with van der Waals surface area (Å²) in [6.07, 6.45) is 1.36. The van der Waals surface area contributed by atoms with E-state index in [2.05, 4.69) is 22.1 Å². The highest BCUT2D eigenvalue weighted by atomic mass is 19.1. The maximum atomic E-state index is 13.6. The molecule has 1 N–H and O–H groups in total. The number of amides is 1. The van der Waals surface area contributed by atoms with Crippen LogP contribution in [0.1, 0.15) is 24.2 Å². The molecule has 1 heterocycles. The highest BCUT2D eigenvalue weighted by Crippen LogP contribution is 2.16. The molecule has 114 valence electrons. The zero-order valence-electron chi connectivity index (χ0n) is 12.7. The Labute approximate surface area is 128 Å². The number of methoxy groups -OCH3 is 1. The maximum Gasteiger partial charge on any atom is 0.254 e. The van der Waals surface area contributed by atoms with Crippen molar-refractivity contribution < 1.29 is 13.9 Å². The molecule has 4 nitrogen and oxygen atoms in total. The smallest absolute Gasteiger partial charge is 0.254 e. The zero-order chi connectivity index (χ0) is 16.2. The van der Waals surface area contributed by atoms with Crippen molar-refractivity contribution in [3.8, 4) is 11.8 Å². The van der Waals surface area contributed by atoms with Crippen molar-refractivity contribution in [1.82, 2.24) is 10.3 Å². The van der Waals surface area contributed by atoms with Gasteiger partial charge in [-0.3, -0.25) is 9.78 Å². The van der Waals surface area contributed by atoms with E-state index in [9.17, 15) is 9.18 Å². The van der Waals surface area contributed by atoms with Gasteiger partial charge < -0.3 is 10.1 Å². The number of aromatic nitrogens is 1. The van der Waals surface area contributed by atoms with Gasteiger partial charge in [0.2, 0.25) is 0 Å². The normalized spacial score (nSPS) is 10.9.